The number of anilines is 2. The van der Waals surface area contributed by atoms with Crippen molar-refractivity contribution in [1.82, 2.24) is 0 Å². The van der Waals surface area contributed by atoms with E-state index in [2.05, 4.69) is 0 Å². The lowest BCUT2D eigenvalue weighted by Crippen LogP contribution is -2.31. The number of carbonyl (C=O) groups is 4. The van der Waals surface area contributed by atoms with Gasteiger partial charge in [0.25, 0.3) is 0 Å². The van der Waals surface area contributed by atoms with E-state index in [0.717, 1.165) is 22.4 Å². The van der Waals surface area contributed by atoms with Crippen molar-refractivity contribution in [2.45, 2.75) is 40.0 Å². The highest BCUT2D eigenvalue weighted by Gasteiger charge is 2.48. The fraction of sp³-hybridized carbons (Fsp3) is 0.357. The molecule has 35 heavy (non-hydrogen) atoms. The summed E-state index contributed by atoms with van der Waals surface area (Å²) >= 11 is 0. The lowest BCUT2D eigenvalue weighted by Gasteiger charge is -2.19. The molecule has 3 aliphatic rings. The molecule has 0 radical (unpaired) electrons. The van der Waals surface area contributed by atoms with Gasteiger partial charge in [-0.25, -0.2) is 4.90 Å². The highest BCUT2D eigenvalue weighted by Crippen LogP contribution is 2.40. The Morgan fingerprint density at radius 2 is 1.60 bits per heavy atom. The Labute approximate surface area is 204 Å². The number of nitrogens with zero attached hydrogens (tertiary/aromatic N) is 2. The van der Waals surface area contributed by atoms with Gasteiger partial charge in [-0.3, -0.25) is 19.2 Å². The van der Waals surface area contributed by atoms with Crippen molar-refractivity contribution in [1.29, 1.82) is 0 Å². The van der Waals surface area contributed by atoms with Gasteiger partial charge in [0, 0.05) is 24.7 Å². The van der Waals surface area contributed by atoms with Crippen molar-refractivity contribution in [2.24, 2.45) is 17.8 Å². The molecule has 2 aromatic carbocycles. The SMILES string of the molecule is CC1=CC[C@H]2C(=O)N(c3cccc(OC(=O)[C@@H]4CC(=O)N(c5cc(C)cc(C)c5)C4)c3)C(=O)[C@H]2C1. The second kappa shape index (κ2) is 8.80. The van der Waals surface area contributed by atoms with Crippen molar-refractivity contribution in [3.8, 4) is 5.75 Å². The van der Waals surface area contributed by atoms with E-state index < -0.39 is 11.9 Å². The monoisotopic (exact) mass is 472 g/mol. The zero-order valence-electron chi connectivity index (χ0n) is 20.1. The summed E-state index contributed by atoms with van der Waals surface area (Å²) in [5.74, 6) is -2.06. The van der Waals surface area contributed by atoms with E-state index >= 15 is 0 Å². The van der Waals surface area contributed by atoms with Gasteiger partial charge in [-0.1, -0.05) is 23.8 Å². The van der Waals surface area contributed by atoms with E-state index in [1.807, 2.05) is 45.0 Å². The van der Waals surface area contributed by atoms with Crippen LogP contribution in [0.15, 0.2) is 54.1 Å². The Bertz CT molecular complexity index is 1260. The zero-order chi connectivity index (χ0) is 24.9. The summed E-state index contributed by atoms with van der Waals surface area (Å²) in [5, 5.41) is 0. The number of rotatable bonds is 4. The van der Waals surface area contributed by atoms with Crippen molar-refractivity contribution in [3.05, 3.63) is 65.2 Å². The third kappa shape index (κ3) is 4.27. The number of ether oxygens (including phenoxy) is 1. The van der Waals surface area contributed by atoms with E-state index in [-0.39, 0.29) is 48.3 Å². The van der Waals surface area contributed by atoms with Crippen LogP contribution in [0.5, 0.6) is 5.75 Å². The molecule has 0 N–H and O–H groups in total. The number of hydrogen-bond acceptors (Lipinski definition) is 5. The first-order valence-electron chi connectivity index (χ1n) is 11.9. The maximum atomic E-state index is 13.0. The van der Waals surface area contributed by atoms with Gasteiger partial charge >= 0.3 is 5.97 Å². The van der Waals surface area contributed by atoms with E-state index in [4.69, 9.17) is 4.74 Å². The van der Waals surface area contributed by atoms with Gasteiger partial charge in [0.2, 0.25) is 17.7 Å². The minimum atomic E-state index is -0.598. The van der Waals surface area contributed by atoms with Crippen molar-refractivity contribution in [2.75, 3.05) is 16.3 Å². The lowest BCUT2D eigenvalue weighted by molar-refractivity contribution is -0.139. The Morgan fingerprint density at radius 1 is 0.886 bits per heavy atom. The minimum Gasteiger partial charge on any atom is -0.426 e. The Morgan fingerprint density at radius 3 is 2.34 bits per heavy atom. The summed E-state index contributed by atoms with van der Waals surface area (Å²) < 4.78 is 5.61. The molecule has 5 rings (SSSR count). The molecule has 0 bridgehead atoms. The van der Waals surface area contributed by atoms with Crippen molar-refractivity contribution in [3.63, 3.8) is 0 Å². The molecule has 2 fully saturated rings. The van der Waals surface area contributed by atoms with Crippen LogP contribution < -0.4 is 14.5 Å². The van der Waals surface area contributed by atoms with Crippen LogP contribution in [0.1, 0.15) is 37.3 Å². The number of allylic oxidation sites excluding steroid dienone is 2. The third-order valence-electron chi connectivity index (χ3n) is 7.09. The number of benzene rings is 2. The summed E-state index contributed by atoms with van der Waals surface area (Å²) in [6.45, 7) is 6.17. The topological polar surface area (TPSA) is 84.0 Å². The van der Waals surface area contributed by atoms with Crippen molar-refractivity contribution < 1.29 is 23.9 Å². The van der Waals surface area contributed by atoms with Crippen LogP contribution in [0.3, 0.4) is 0 Å². The average Bonchev–Trinajstić information content (AvgIpc) is 3.31. The van der Waals surface area contributed by atoms with Gasteiger partial charge in [0.05, 0.1) is 23.4 Å². The molecule has 2 aromatic rings. The molecule has 7 heteroatoms. The fourth-order valence-corrected chi connectivity index (χ4v) is 5.40. The summed E-state index contributed by atoms with van der Waals surface area (Å²) in [7, 11) is 0. The molecule has 2 heterocycles. The molecule has 3 atom stereocenters. The van der Waals surface area contributed by atoms with Gasteiger partial charge in [0.1, 0.15) is 5.75 Å². The molecule has 0 aromatic heterocycles. The third-order valence-corrected chi connectivity index (χ3v) is 7.09. The largest absolute Gasteiger partial charge is 0.426 e. The van der Waals surface area contributed by atoms with Crippen LogP contribution in [-0.4, -0.2) is 30.2 Å². The highest BCUT2D eigenvalue weighted by atomic mass is 16.5. The van der Waals surface area contributed by atoms with Crippen LogP contribution in [0.4, 0.5) is 11.4 Å². The van der Waals surface area contributed by atoms with Crippen LogP contribution in [0.25, 0.3) is 0 Å². The second-order valence-corrected chi connectivity index (χ2v) is 9.88. The molecule has 1 aliphatic carbocycles. The van der Waals surface area contributed by atoms with E-state index in [1.54, 1.807) is 29.2 Å². The number of esters is 1. The van der Waals surface area contributed by atoms with Crippen molar-refractivity contribution >= 4 is 35.1 Å². The number of hydrogen-bond donors (Lipinski definition) is 0. The molecule has 2 aliphatic heterocycles. The molecular formula is C28H28N2O5. The summed E-state index contributed by atoms with van der Waals surface area (Å²) in [6.07, 6.45) is 3.26. The van der Waals surface area contributed by atoms with Gasteiger partial charge < -0.3 is 9.64 Å². The summed E-state index contributed by atoms with van der Waals surface area (Å²) in [5.41, 5.74) is 4.40. The normalized spacial score (nSPS) is 24.0. The van der Waals surface area contributed by atoms with E-state index in [9.17, 15) is 19.2 Å². The molecule has 2 saturated heterocycles. The standard InChI is InChI=1S/C28H28N2O5/c1-16-7-8-23-24(12-16)27(33)30(26(23)32)20-5-4-6-22(14-20)35-28(34)19-13-25(31)29(15-19)21-10-17(2)9-18(3)11-21/h4-7,9-11,14,19,23-24H,8,12-13,15H2,1-3H3/t19-,23-,24+/m1/s1. The Kier molecular flexibility index (Phi) is 5.79. The first-order valence-corrected chi connectivity index (χ1v) is 11.9. The molecule has 0 spiro atoms. The van der Waals surface area contributed by atoms with Gasteiger partial charge in [-0.15, -0.1) is 0 Å². The fourth-order valence-electron chi connectivity index (χ4n) is 5.40. The molecule has 180 valence electrons. The quantitative estimate of drug-likeness (QED) is 0.289. The predicted octanol–water partition coefficient (Wildman–Crippen LogP) is 4.11. The number of carbonyl (C=O) groups excluding carboxylic acids is 4. The first kappa shape index (κ1) is 23.0. The average molecular weight is 473 g/mol. The smallest absolute Gasteiger partial charge is 0.316 e. The maximum Gasteiger partial charge on any atom is 0.316 e. The predicted molar refractivity (Wildman–Crippen MR) is 131 cm³/mol. The van der Waals surface area contributed by atoms with E-state index in [0.29, 0.717) is 18.5 Å². The maximum absolute atomic E-state index is 13.0. The number of amides is 3. The Balaban J connectivity index is 1.30. The molecule has 3 amide bonds. The second-order valence-electron chi connectivity index (χ2n) is 9.88. The Hall–Kier alpha value is -3.74. The van der Waals surface area contributed by atoms with Crippen LogP contribution in [-0.2, 0) is 19.2 Å². The van der Waals surface area contributed by atoms with E-state index in [1.165, 1.54) is 4.90 Å². The molecular weight excluding hydrogens is 444 g/mol. The molecule has 0 saturated carbocycles. The van der Waals surface area contributed by atoms with Crippen LogP contribution >= 0.6 is 0 Å². The summed E-state index contributed by atoms with van der Waals surface area (Å²) in [4.78, 5) is 54.4. The van der Waals surface area contributed by atoms with Gasteiger partial charge in [0.15, 0.2) is 0 Å². The number of fused-ring (bicyclic) bond motifs is 1. The van der Waals surface area contributed by atoms with Crippen LogP contribution in [0, 0.1) is 31.6 Å². The molecule has 7 nitrogen and oxygen atoms in total. The first-order chi connectivity index (χ1) is 16.7. The van der Waals surface area contributed by atoms with Gasteiger partial charge in [-0.2, -0.15) is 0 Å². The number of imide groups is 1. The highest BCUT2D eigenvalue weighted by molar-refractivity contribution is 6.22. The van der Waals surface area contributed by atoms with Gasteiger partial charge in [-0.05, 0) is 69.0 Å². The molecule has 0 unspecified atom stereocenters. The number of aryl methyl sites for hydroxylation is 2. The van der Waals surface area contributed by atoms with Crippen LogP contribution in [0.2, 0.25) is 0 Å². The minimum absolute atomic E-state index is 0.0737. The lowest BCUT2D eigenvalue weighted by atomic mass is 9.82. The summed E-state index contributed by atoms with van der Waals surface area (Å²) in [6, 6.07) is 12.4. The zero-order valence-corrected chi connectivity index (χ0v) is 20.1.